The fourth-order valence-electron chi connectivity index (χ4n) is 2.42. The number of hydrogen-bond donors (Lipinski definition) is 2. The van der Waals surface area contributed by atoms with Gasteiger partial charge in [0, 0.05) is 40.8 Å². The molecular weight excluding hydrogens is 424 g/mol. The summed E-state index contributed by atoms with van der Waals surface area (Å²) in [5.41, 5.74) is 1.84. The molecule has 3 aromatic rings. The van der Waals surface area contributed by atoms with Crippen molar-refractivity contribution in [3.8, 4) is 17.0 Å². The van der Waals surface area contributed by atoms with Gasteiger partial charge in [0.25, 0.3) is 0 Å². The molecule has 0 spiro atoms. The predicted molar refractivity (Wildman–Crippen MR) is 105 cm³/mol. The van der Waals surface area contributed by atoms with Crippen LogP contribution in [0.2, 0.25) is 0 Å². The number of thiazole rings is 1. The highest BCUT2D eigenvalue weighted by molar-refractivity contribution is 7.80. The average Bonchev–Trinajstić information content (AvgIpc) is 3.09. The molecule has 0 aliphatic rings. The van der Waals surface area contributed by atoms with E-state index >= 15 is 0 Å². The number of carbonyl (C=O) groups excluding carboxylic acids is 1. The molecule has 11 heteroatoms. The summed E-state index contributed by atoms with van der Waals surface area (Å²) in [5.74, 6) is -2.03. The molecule has 1 amide bonds. The minimum Gasteiger partial charge on any atom is -0.755 e. The van der Waals surface area contributed by atoms with Crippen LogP contribution in [0, 0.1) is 11.6 Å². The second-order valence-corrected chi connectivity index (χ2v) is 7.32. The van der Waals surface area contributed by atoms with E-state index in [0.717, 1.165) is 12.1 Å². The molecule has 0 aliphatic heterocycles. The third-order valence-corrected chi connectivity index (χ3v) is 4.80. The van der Waals surface area contributed by atoms with Crippen LogP contribution in [0.3, 0.4) is 0 Å². The van der Waals surface area contributed by atoms with E-state index in [-0.39, 0.29) is 24.0 Å². The highest BCUT2D eigenvalue weighted by Crippen LogP contribution is 2.29. The first-order valence-electron chi connectivity index (χ1n) is 8.12. The fraction of sp³-hybridized carbons (Fsp3) is 0.111. The number of hydrogen-bond acceptors (Lipinski definition) is 6. The van der Waals surface area contributed by atoms with E-state index in [9.17, 15) is 22.3 Å². The van der Waals surface area contributed by atoms with E-state index in [0.29, 0.717) is 28.0 Å². The Kier molecular flexibility index (Phi) is 6.52. The van der Waals surface area contributed by atoms with Crippen molar-refractivity contribution in [3.05, 3.63) is 59.0 Å². The topological polar surface area (TPSA) is 103 Å². The Labute approximate surface area is 171 Å². The second kappa shape index (κ2) is 9.07. The van der Waals surface area contributed by atoms with Crippen molar-refractivity contribution in [1.82, 2.24) is 4.98 Å². The molecule has 2 N–H and O–H groups in total. The van der Waals surface area contributed by atoms with Gasteiger partial charge in [0.2, 0.25) is 5.91 Å². The summed E-state index contributed by atoms with van der Waals surface area (Å²) in [5, 5.41) is 4.73. The summed E-state index contributed by atoms with van der Waals surface area (Å²) in [6.45, 7) is 1.19. The zero-order valence-electron chi connectivity index (χ0n) is 14.9. The van der Waals surface area contributed by atoms with E-state index in [1.54, 1.807) is 17.5 Å². The van der Waals surface area contributed by atoms with Gasteiger partial charge in [0.15, 0.2) is 16.7 Å². The van der Waals surface area contributed by atoms with Gasteiger partial charge in [0.1, 0.15) is 12.4 Å². The molecule has 1 unspecified atom stereocenters. The van der Waals surface area contributed by atoms with Gasteiger partial charge in [-0.3, -0.25) is 9.00 Å². The summed E-state index contributed by atoms with van der Waals surface area (Å²) < 4.78 is 56.6. The number of amides is 1. The minimum atomic E-state index is -2.58. The third-order valence-electron chi connectivity index (χ3n) is 3.66. The van der Waals surface area contributed by atoms with Crippen molar-refractivity contribution in [2.45, 2.75) is 13.5 Å². The highest BCUT2D eigenvalue weighted by atomic mass is 32.2. The van der Waals surface area contributed by atoms with Gasteiger partial charge in [0.05, 0.1) is 11.4 Å². The number of rotatable bonds is 7. The van der Waals surface area contributed by atoms with Gasteiger partial charge >= 0.3 is 0 Å². The summed E-state index contributed by atoms with van der Waals surface area (Å²) in [4.78, 5) is 15.4. The Morgan fingerprint density at radius 1 is 1.28 bits per heavy atom. The lowest BCUT2D eigenvalue weighted by atomic mass is 10.1. The van der Waals surface area contributed by atoms with Crippen molar-refractivity contribution in [2.24, 2.45) is 0 Å². The zero-order chi connectivity index (χ0) is 21.0. The first-order chi connectivity index (χ1) is 13.8. The number of ether oxygens (including phenoxy) is 1. The third kappa shape index (κ3) is 5.56. The molecule has 0 saturated heterocycles. The Bertz CT molecular complexity index is 1080. The van der Waals surface area contributed by atoms with Gasteiger partial charge in [-0.05, 0) is 24.3 Å². The van der Waals surface area contributed by atoms with Crippen molar-refractivity contribution in [2.75, 3.05) is 10.0 Å². The van der Waals surface area contributed by atoms with Gasteiger partial charge < -0.3 is 19.3 Å². The Morgan fingerprint density at radius 3 is 2.76 bits per heavy atom. The maximum absolute atomic E-state index is 13.8. The Morgan fingerprint density at radius 2 is 2.07 bits per heavy atom. The quantitative estimate of drug-likeness (QED) is 0.546. The molecule has 1 atom stereocenters. The average molecular weight is 438 g/mol. The smallest absolute Gasteiger partial charge is 0.223 e. The lowest BCUT2D eigenvalue weighted by Gasteiger charge is -2.15. The fourth-order valence-corrected chi connectivity index (χ4v) is 3.57. The summed E-state index contributed by atoms with van der Waals surface area (Å²) in [7, 11) is 0. The molecule has 1 heterocycles. The van der Waals surface area contributed by atoms with Crippen LogP contribution in [0.1, 0.15) is 12.5 Å². The Balaban J connectivity index is 1.88. The lowest BCUT2D eigenvalue weighted by molar-refractivity contribution is -0.114. The summed E-state index contributed by atoms with van der Waals surface area (Å²) in [6, 6.07) is 7.68. The van der Waals surface area contributed by atoms with E-state index in [1.807, 2.05) is 0 Å². The minimum absolute atomic E-state index is 0.174. The number of carbonyl (C=O) groups is 1. The molecule has 1 aromatic heterocycles. The van der Waals surface area contributed by atoms with E-state index in [4.69, 9.17) is 4.74 Å². The number of anilines is 2. The number of nitrogens with one attached hydrogen (secondary N) is 2. The highest BCUT2D eigenvalue weighted by Gasteiger charge is 2.12. The van der Waals surface area contributed by atoms with Crippen LogP contribution in [-0.4, -0.2) is 19.7 Å². The zero-order valence-corrected chi connectivity index (χ0v) is 16.5. The maximum Gasteiger partial charge on any atom is 0.223 e. The van der Waals surface area contributed by atoms with Crippen LogP contribution in [0.25, 0.3) is 11.3 Å². The normalized spacial score (nSPS) is 11.7. The van der Waals surface area contributed by atoms with Crippen LogP contribution < -0.4 is 14.8 Å². The van der Waals surface area contributed by atoms with Gasteiger partial charge in [-0.25, -0.2) is 13.8 Å². The first-order valence-corrected chi connectivity index (χ1v) is 10.1. The van der Waals surface area contributed by atoms with Crippen molar-refractivity contribution in [3.63, 3.8) is 0 Å². The standard InChI is InChI=1S/C18H15F2N3O4S2/c1-10(24)21-18-22-16(9-28-18)11-2-4-15(23-29(25)26)12(6-11)8-27-17-5-3-13(19)7-14(17)20/h2-7,9,23H,8H2,1H3,(H,25,26)(H,21,22,24)/p-1. The van der Waals surface area contributed by atoms with Crippen LogP contribution in [0.4, 0.5) is 19.6 Å². The van der Waals surface area contributed by atoms with Crippen LogP contribution in [-0.2, 0) is 22.7 Å². The number of halogens is 2. The van der Waals surface area contributed by atoms with Gasteiger partial charge in [-0.15, -0.1) is 11.3 Å². The molecule has 2 aromatic carbocycles. The summed E-state index contributed by atoms with van der Waals surface area (Å²) >= 11 is -1.34. The first kappa shape index (κ1) is 20.8. The largest absolute Gasteiger partial charge is 0.755 e. The molecular formula is C18H14F2N3O4S2-. The number of aromatic nitrogens is 1. The second-order valence-electron chi connectivity index (χ2n) is 5.79. The van der Waals surface area contributed by atoms with Crippen molar-refractivity contribution < 1.29 is 27.1 Å². The maximum atomic E-state index is 13.8. The predicted octanol–water partition coefficient (Wildman–Crippen LogP) is 3.83. The van der Waals surface area contributed by atoms with Crippen LogP contribution >= 0.6 is 11.3 Å². The SMILES string of the molecule is CC(=O)Nc1nc(-c2ccc(NS(=O)[O-])c(COc3ccc(F)cc3F)c2)cs1. The molecule has 0 radical (unpaired) electrons. The van der Waals surface area contributed by atoms with Crippen LogP contribution in [0.5, 0.6) is 5.75 Å². The monoisotopic (exact) mass is 438 g/mol. The lowest BCUT2D eigenvalue weighted by Crippen LogP contribution is -2.07. The van der Waals surface area contributed by atoms with Gasteiger partial charge in [-0.2, -0.15) is 0 Å². The van der Waals surface area contributed by atoms with E-state index < -0.39 is 22.9 Å². The molecule has 29 heavy (non-hydrogen) atoms. The molecule has 0 bridgehead atoms. The number of nitrogens with zero attached hydrogens (tertiary/aromatic N) is 1. The molecule has 3 rings (SSSR count). The van der Waals surface area contributed by atoms with E-state index in [1.165, 1.54) is 24.3 Å². The van der Waals surface area contributed by atoms with E-state index in [2.05, 4.69) is 15.0 Å². The molecule has 7 nitrogen and oxygen atoms in total. The van der Waals surface area contributed by atoms with Crippen molar-refractivity contribution in [1.29, 1.82) is 0 Å². The molecule has 0 aliphatic carbocycles. The van der Waals surface area contributed by atoms with Crippen LogP contribution in [0.15, 0.2) is 41.8 Å². The molecule has 152 valence electrons. The van der Waals surface area contributed by atoms with Crippen molar-refractivity contribution >= 4 is 39.3 Å². The Hall–Kier alpha value is -2.89. The molecule has 0 saturated carbocycles. The molecule has 0 fully saturated rings. The summed E-state index contributed by atoms with van der Waals surface area (Å²) in [6.07, 6.45) is 0. The van der Waals surface area contributed by atoms with Gasteiger partial charge in [-0.1, -0.05) is 6.07 Å². The number of benzene rings is 2.